The van der Waals surface area contributed by atoms with Crippen molar-refractivity contribution in [3.05, 3.63) is 49.4 Å². The molecule has 4 nitrogen and oxygen atoms in total. The molecule has 0 spiro atoms. The van der Waals surface area contributed by atoms with E-state index in [-0.39, 0.29) is 22.2 Å². The molecular formula is C12H8Cl2IN3O. The number of carbonyl (C=O) groups is 1. The van der Waals surface area contributed by atoms with Gasteiger partial charge in [-0.05, 0) is 52.7 Å². The minimum Gasteiger partial charge on any atom is -0.306 e. The van der Waals surface area contributed by atoms with E-state index in [1.165, 1.54) is 6.07 Å². The summed E-state index contributed by atoms with van der Waals surface area (Å²) in [5, 5.41) is 2.81. The first-order valence-electron chi connectivity index (χ1n) is 5.24. The Labute approximate surface area is 133 Å². The van der Waals surface area contributed by atoms with Crippen molar-refractivity contribution in [3.8, 4) is 0 Å². The number of hydrogen-bond donors (Lipinski definition) is 1. The number of halogens is 3. The fourth-order valence-electron chi connectivity index (χ4n) is 1.46. The predicted octanol–water partition coefficient (Wildman–Crippen LogP) is 3.95. The summed E-state index contributed by atoms with van der Waals surface area (Å²) in [5.41, 5.74) is 1.61. The van der Waals surface area contributed by atoms with Gasteiger partial charge >= 0.3 is 0 Å². The Morgan fingerprint density at radius 1 is 1.32 bits per heavy atom. The maximum atomic E-state index is 12.1. The lowest BCUT2D eigenvalue weighted by Crippen LogP contribution is -2.15. The molecule has 1 heterocycles. The lowest BCUT2D eigenvalue weighted by molar-refractivity contribution is 0.102. The van der Waals surface area contributed by atoms with Crippen molar-refractivity contribution in [1.82, 2.24) is 9.97 Å². The molecular weight excluding hydrogens is 400 g/mol. The molecule has 0 aliphatic heterocycles. The molecule has 0 saturated carbocycles. The molecule has 0 saturated heterocycles. The van der Waals surface area contributed by atoms with Gasteiger partial charge in [0.1, 0.15) is 11.0 Å². The predicted molar refractivity (Wildman–Crippen MR) is 83.9 cm³/mol. The van der Waals surface area contributed by atoms with E-state index >= 15 is 0 Å². The summed E-state index contributed by atoms with van der Waals surface area (Å²) in [6, 6.07) is 6.95. The van der Waals surface area contributed by atoms with Gasteiger partial charge in [0.05, 0.1) is 5.56 Å². The molecule has 19 heavy (non-hydrogen) atoms. The molecule has 0 unspecified atom stereocenters. The number of anilines is 1. The van der Waals surface area contributed by atoms with E-state index in [2.05, 4.69) is 37.9 Å². The van der Waals surface area contributed by atoms with Crippen LogP contribution in [0.25, 0.3) is 0 Å². The smallest absolute Gasteiger partial charge is 0.257 e. The van der Waals surface area contributed by atoms with Crippen LogP contribution in [-0.4, -0.2) is 15.9 Å². The van der Waals surface area contributed by atoms with Crippen molar-refractivity contribution >= 4 is 57.5 Å². The van der Waals surface area contributed by atoms with Crippen LogP contribution < -0.4 is 5.32 Å². The topological polar surface area (TPSA) is 54.9 Å². The number of carbonyl (C=O) groups excluding carboxylic acids is 1. The van der Waals surface area contributed by atoms with Crippen molar-refractivity contribution in [1.29, 1.82) is 0 Å². The minimum absolute atomic E-state index is 0.0123. The molecule has 0 radical (unpaired) electrons. The highest BCUT2D eigenvalue weighted by Gasteiger charge is 2.12. The Kier molecular flexibility index (Phi) is 4.59. The maximum absolute atomic E-state index is 12.1. The van der Waals surface area contributed by atoms with Crippen LogP contribution in [0.4, 0.5) is 5.82 Å². The standard InChI is InChI=1S/C12H8Cl2IN3O/c1-6-3-2-4-7(10(6)15)11(19)17-9-5-8(13)16-12(14)18-9/h2-5H,1H3,(H,16,17,18,19). The third kappa shape index (κ3) is 3.55. The fourth-order valence-corrected chi connectivity index (χ4v) is 2.47. The van der Waals surface area contributed by atoms with Crippen LogP contribution in [0.5, 0.6) is 0 Å². The van der Waals surface area contributed by atoms with Gasteiger partial charge in [0.2, 0.25) is 5.28 Å². The first kappa shape index (κ1) is 14.5. The number of aromatic nitrogens is 2. The summed E-state index contributed by atoms with van der Waals surface area (Å²) in [5.74, 6) is 0.00578. The fraction of sp³-hybridized carbons (Fsp3) is 0.0833. The SMILES string of the molecule is Cc1cccc(C(=O)Nc2cc(Cl)nc(Cl)n2)c1I. The van der Waals surface area contributed by atoms with E-state index in [0.717, 1.165) is 9.13 Å². The molecule has 1 amide bonds. The van der Waals surface area contributed by atoms with Gasteiger partial charge in [0.25, 0.3) is 5.91 Å². The summed E-state index contributed by atoms with van der Waals surface area (Å²) in [7, 11) is 0. The van der Waals surface area contributed by atoms with Crippen molar-refractivity contribution in [2.75, 3.05) is 5.32 Å². The Balaban J connectivity index is 2.28. The van der Waals surface area contributed by atoms with Gasteiger partial charge in [-0.15, -0.1) is 0 Å². The number of hydrogen-bond acceptors (Lipinski definition) is 3. The van der Waals surface area contributed by atoms with Gasteiger partial charge in [-0.25, -0.2) is 9.97 Å². The lowest BCUT2D eigenvalue weighted by atomic mass is 10.1. The summed E-state index contributed by atoms with van der Waals surface area (Å²) >= 11 is 13.6. The highest BCUT2D eigenvalue weighted by molar-refractivity contribution is 14.1. The number of nitrogens with one attached hydrogen (secondary N) is 1. The molecule has 2 rings (SSSR count). The van der Waals surface area contributed by atoms with E-state index in [0.29, 0.717) is 5.56 Å². The maximum Gasteiger partial charge on any atom is 0.257 e. The second-order valence-electron chi connectivity index (χ2n) is 3.74. The van der Waals surface area contributed by atoms with Crippen molar-refractivity contribution in [3.63, 3.8) is 0 Å². The molecule has 7 heteroatoms. The van der Waals surface area contributed by atoms with Gasteiger partial charge in [0.15, 0.2) is 0 Å². The second-order valence-corrected chi connectivity index (χ2v) is 5.54. The van der Waals surface area contributed by atoms with Crippen molar-refractivity contribution in [2.45, 2.75) is 6.92 Å². The van der Waals surface area contributed by atoms with E-state index in [1.54, 1.807) is 6.07 Å². The molecule has 0 bridgehead atoms. The third-order valence-corrected chi connectivity index (χ3v) is 4.14. The van der Waals surface area contributed by atoms with Gasteiger partial charge < -0.3 is 5.32 Å². The highest BCUT2D eigenvalue weighted by atomic mass is 127. The van der Waals surface area contributed by atoms with E-state index in [4.69, 9.17) is 23.2 Å². The molecule has 1 aromatic carbocycles. The van der Waals surface area contributed by atoms with Crippen molar-refractivity contribution in [2.24, 2.45) is 0 Å². The third-order valence-electron chi connectivity index (χ3n) is 2.35. The number of nitrogens with zero attached hydrogens (tertiary/aromatic N) is 2. The molecule has 98 valence electrons. The van der Waals surface area contributed by atoms with Crippen LogP contribution in [0.15, 0.2) is 24.3 Å². The average molecular weight is 408 g/mol. The zero-order valence-electron chi connectivity index (χ0n) is 9.75. The quantitative estimate of drug-likeness (QED) is 0.466. The van der Waals surface area contributed by atoms with E-state index in [9.17, 15) is 4.79 Å². The van der Waals surface area contributed by atoms with Crippen LogP contribution in [0.2, 0.25) is 10.4 Å². The van der Waals surface area contributed by atoms with Crippen LogP contribution in [0, 0.1) is 10.5 Å². The van der Waals surface area contributed by atoms with E-state index in [1.807, 2.05) is 19.1 Å². The van der Waals surface area contributed by atoms with E-state index < -0.39 is 0 Å². The molecule has 0 atom stereocenters. The molecule has 0 aliphatic rings. The van der Waals surface area contributed by atoms with Crippen LogP contribution in [0.3, 0.4) is 0 Å². The molecule has 2 aromatic rings. The number of amides is 1. The highest BCUT2D eigenvalue weighted by Crippen LogP contribution is 2.19. The zero-order valence-corrected chi connectivity index (χ0v) is 13.4. The summed E-state index contributed by atoms with van der Waals surface area (Å²) < 4.78 is 0.892. The Bertz CT molecular complexity index is 629. The monoisotopic (exact) mass is 407 g/mol. The number of benzene rings is 1. The molecule has 1 aromatic heterocycles. The van der Waals surface area contributed by atoms with Crippen LogP contribution >= 0.6 is 45.8 Å². The minimum atomic E-state index is -0.265. The largest absolute Gasteiger partial charge is 0.306 e. The molecule has 1 N–H and O–H groups in total. The van der Waals surface area contributed by atoms with Crippen LogP contribution in [0.1, 0.15) is 15.9 Å². The summed E-state index contributed by atoms with van der Waals surface area (Å²) in [6.45, 7) is 1.94. The molecule has 0 fully saturated rings. The Morgan fingerprint density at radius 2 is 2.05 bits per heavy atom. The first-order valence-corrected chi connectivity index (χ1v) is 7.07. The van der Waals surface area contributed by atoms with Crippen molar-refractivity contribution < 1.29 is 4.79 Å². The average Bonchev–Trinajstić information content (AvgIpc) is 2.31. The van der Waals surface area contributed by atoms with Gasteiger partial charge in [-0.2, -0.15) is 0 Å². The summed E-state index contributed by atoms with van der Waals surface area (Å²) in [6.07, 6.45) is 0. The van der Waals surface area contributed by atoms with Crippen LogP contribution in [-0.2, 0) is 0 Å². The van der Waals surface area contributed by atoms with Gasteiger partial charge in [0, 0.05) is 9.64 Å². The number of rotatable bonds is 2. The second kappa shape index (κ2) is 6.02. The van der Waals surface area contributed by atoms with Gasteiger partial charge in [-0.3, -0.25) is 4.79 Å². The normalized spacial score (nSPS) is 10.3. The Morgan fingerprint density at radius 3 is 2.74 bits per heavy atom. The zero-order chi connectivity index (χ0) is 14.0. The first-order chi connectivity index (χ1) is 8.97. The Hall–Kier alpha value is -0.920. The van der Waals surface area contributed by atoms with Gasteiger partial charge in [-0.1, -0.05) is 23.7 Å². The summed E-state index contributed by atoms with van der Waals surface area (Å²) in [4.78, 5) is 19.7. The number of aryl methyl sites for hydroxylation is 1. The lowest BCUT2D eigenvalue weighted by Gasteiger charge is -2.08. The molecule has 0 aliphatic carbocycles.